The largest absolute Gasteiger partial charge is 0.479 e. The number of carboxylic acids is 1. The van der Waals surface area contributed by atoms with Crippen LogP contribution in [0.4, 0.5) is 0 Å². The van der Waals surface area contributed by atoms with Crippen molar-refractivity contribution < 1.29 is 19.7 Å². The van der Waals surface area contributed by atoms with Gasteiger partial charge in [0, 0.05) is 10.7 Å². The van der Waals surface area contributed by atoms with E-state index in [1.54, 1.807) is 12.1 Å². The van der Waals surface area contributed by atoms with E-state index in [0.717, 1.165) is 4.47 Å². The number of nitrogens with zero attached hydrogens (tertiary/aromatic N) is 1. The van der Waals surface area contributed by atoms with E-state index in [1.165, 1.54) is 6.20 Å². The second-order valence-corrected chi connectivity index (χ2v) is 3.63. The smallest absolute Gasteiger partial charge is 0.339 e. The third kappa shape index (κ3) is 3.58. The molecule has 0 fully saturated rings. The van der Waals surface area contributed by atoms with E-state index in [9.17, 15) is 4.79 Å². The summed E-state index contributed by atoms with van der Waals surface area (Å²) < 4.78 is 5.71. The average molecular weight is 276 g/mol. The number of aliphatic hydroxyl groups is 1. The molecule has 1 aromatic rings. The van der Waals surface area contributed by atoms with Gasteiger partial charge in [0.1, 0.15) is 0 Å². The number of rotatable bonds is 5. The van der Waals surface area contributed by atoms with Crippen molar-refractivity contribution in [3.63, 3.8) is 0 Å². The predicted octanol–water partition coefficient (Wildman–Crippen LogP) is 0.979. The molecule has 1 aromatic heterocycles. The minimum Gasteiger partial charge on any atom is -0.479 e. The number of aliphatic hydroxyl groups excluding tert-OH is 1. The summed E-state index contributed by atoms with van der Waals surface area (Å²) in [6, 6.07) is 3.24. The lowest BCUT2D eigenvalue weighted by Gasteiger charge is -2.11. The minimum atomic E-state index is -1.13. The molecule has 1 rings (SSSR count). The molecular formula is C9H10BrNO4. The topological polar surface area (TPSA) is 79.7 Å². The first kappa shape index (κ1) is 12.1. The van der Waals surface area contributed by atoms with E-state index < -0.39 is 12.1 Å². The molecule has 0 aliphatic rings. The summed E-state index contributed by atoms with van der Waals surface area (Å²) in [6.07, 6.45) is 0.360. The van der Waals surface area contributed by atoms with E-state index in [2.05, 4.69) is 20.9 Å². The van der Waals surface area contributed by atoms with Crippen LogP contribution in [0, 0.1) is 0 Å². The fourth-order valence-electron chi connectivity index (χ4n) is 0.996. The Hall–Kier alpha value is -0.980. The van der Waals surface area contributed by atoms with Crippen LogP contribution in [-0.2, 0) is 9.53 Å². The SMILES string of the molecule is O=C(O)C(OCCO)c1ccc(Br)cn1. The van der Waals surface area contributed by atoms with Gasteiger partial charge in [-0.3, -0.25) is 4.98 Å². The molecular weight excluding hydrogens is 266 g/mol. The van der Waals surface area contributed by atoms with E-state index >= 15 is 0 Å². The summed E-state index contributed by atoms with van der Waals surface area (Å²) in [5, 5.41) is 17.4. The fraction of sp³-hybridized carbons (Fsp3) is 0.333. The maximum atomic E-state index is 10.8. The van der Waals surface area contributed by atoms with Gasteiger partial charge in [0.2, 0.25) is 0 Å². The number of hydrogen-bond acceptors (Lipinski definition) is 4. The number of carbonyl (C=O) groups is 1. The first-order valence-electron chi connectivity index (χ1n) is 4.22. The zero-order valence-corrected chi connectivity index (χ0v) is 9.35. The second kappa shape index (κ2) is 5.79. The summed E-state index contributed by atoms with van der Waals surface area (Å²) in [6.45, 7) is -0.255. The fourth-order valence-corrected chi connectivity index (χ4v) is 1.23. The van der Waals surface area contributed by atoms with Crippen LogP contribution in [0.25, 0.3) is 0 Å². The van der Waals surface area contributed by atoms with E-state index in [0.29, 0.717) is 5.69 Å². The maximum Gasteiger partial charge on any atom is 0.339 e. The van der Waals surface area contributed by atoms with Crippen molar-refractivity contribution in [3.05, 3.63) is 28.5 Å². The molecule has 0 aliphatic carbocycles. The number of carboxylic acid groups (broad SMARTS) is 1. The van der Waals surface area contributed by atoms with Crippen LogP contribution < -0.4 is 0 Å². The van der Waals surface area contributed by atoms with Gasteiger partial charge >= 0.3 is 5.97 Å². The van der Waals surface area contributed by atoms with Crippen LogP contribution in [0.3, 0.4) is 0 Å². The third-order valence-electron chi connectivity index (χ3n) is 1.62. The van der Waals surface area contributed by atoms with E-state index in [4.69, 9.17) is 14.9 Å². The number of ether oxygens (including phenoxy) is 1. The molecule has 0 aromatic carbocycles. The van der Waals surface area contributed by atoms with Crippen molar-refractivity contribution in [2.75, 3.05) is 13.2 Å². The van der Waals surface area contributed by atoms with Gasteiger partial charge in [-0.15, -0.1) is 0 Å². The van der Waals surface area contributed by atoms with Crippen LogP contribution in [0.1, 0.15) is 11.8 Å². The van der Waals surface area contributed by atoms with Gasteiger partial charge in [0.05, 0.1) is 18.9 Å². The molecule has 15 heavy (non-hydrogen) atoms. The predicted molar refractivity (Wildman–Crippen MR) is 55.4 cm³/mol. The summed E-state index contributed by atoms with van der Waals surface area (Å²) in [7, 11) is 0. The molecule has 1 unspecified atom stereocenters. The minimum absolute atomic E-state index is 0.0330. The highest BCUT2D eigenvalue weighted by molar-refractivity contribution is 9.10. The molecule has 0 amide bonds. The average Bonchev–Trinajstić information content (AvgIpc) is 2.21. The van der Waals surface area contributed by atoms with Gasteiger partial charge in [0.25, 0.3) is 0 Å². The standard InChI is InChI=1S/C9H10BrNO4/c10-6-1-2-7(11-5-6)8(9(13)14)15-4-3-12/h1-2,5,8,12H,3-4H2,(H,13,14). The number of pyridine rings is 1. The Kier molecular flexibility index (Phi) is 4.67. The Morgan fingerprint density at radius 2 is 2.33 bits per heavy atom. The van der Waals surface area contributed by atoms with Crippen LogP contribution in [-0.4, -0.2) is 34.4 Å². The molecule has 5 nitrogen and oxygen atoms in total. The van der Waals surface area contributed by atoms with E-state index in [-0.39, 0.29) is 13.2 Å². The van der Waals surface area contributed by atoms with Crippen LogP contribution in [0.15, 0.2) is 22.8 Å². The number of aliphatic carboxylic acids is 1. The maximum absolute atomic E-state index is 10.8. The van der Waals surface area contributed by atoms with Gasteiger partial charge in [0.15, 0.2) is 6.10 Å². The molecule has 0 saturated heterocycles. The van der Waals surface area contributed by atoms with Crippen molar-refractivity contribution in [3.8, 4) is 0 Å². The number of hydrogen-bond donors (Lipinski definition) is 2. The molecule has 1 atom stereocenters. The van der Waals surface area contributed by atoms with Gasteiger partial charge in [-0.2, -0.15) is 0 Å². The number of aromatic nitrogens is 1. The Morgan fingerprint density at radius 3 is 2.80 bits per heavy atom. The molecule has 2 N–H and O–H groups in total. The Balaban J connectivity index is 2.79. The lowest BCUT2D eigenvalue weighted by Crippen LogP contribution is -2.18. The highest BCUT2D eigenvalue weighted by atomic mass is 79.9. The highest BCUT2D eigenvalue weighted by Crippen LogP contribution is 2.17. The summed E-state index contributed by atoms with van der Waals surface area (Å²) in [5.41, 5.74) is 0.305. The molecule has 0 spiro atoms. The zero-order chi connectivity index (χ0) is 11.3. The Labute approximate surface area is 94.8 Å². The van der Waals surface area contributed by atoms with Gasteiger partial charge in [-0.25, -0.2) is 4.79 Å². The van der Waals surface area contributed by atoms with Crippen molar-refractivity contribution in [2.24, 2.45) is 0 Å². The Morgan fingerprint density at radius 1 is 1.60 bits per heavy atom. The van der Waals surface area contributed by atoms with Crippen molar-refractivity contribution in [2.45, 2.75) is 6.10 Å². The molecule has 0 aliphatic heterocycles. The Bertz CT molecular complexity index is 327. The van der Waals surface area contributed by atoms with Crippen molar-refractivity contribution in [1.29, 1.82) is 0 Å². The zero-order valence-electron chi connectivity index (χ0n) is 7.76. The van der Waals surface area contributed by atoms with Gasteiger partial charge in [-0.1, -0.05) is 0 Å². The highest BCUT2D eigenvalue weighted by Gasteiger charge is 2.21. The van der Waals surface area contributed by atoms with Gasteiger partial charge in [-0.05, 0) is 28.1 Å². The molecule has 82 valence electrons. The van der Waals surface area contributed by atoms with E-state index in [1.807, 2.05) is 0 Å². The monoisotopic (exact) mass is 275 g/mol. The van der Waals surface area contributed by atoms with Crippen LogP contribution in [0.2, 0.25) is 0 Å². The first-order chi connectivity index (χ1) is 7.15. The van der Waals surface area contributed by atoms with Crippen molar-refractivity contribution in [1.82, 2.24) is 4.98 Å². The first-order valence-corrected chi connectivity index (χ1v) is 5.01. The van der Waals surface area contributed by atoms with Crippen molar-refractivity contribution >= 4 is 21.9 Å². The lowest BCUT2D eigenvalue weighted by molar-refractivity contribution is -0.151. The quantitative estimate of drug-likeness (QED) is 0.838. The molecule has 1 heterocycles. The second-order valence-electron chi connectivity index (χ2n) is 2.71. The molecule has 0 radical (unpaired) electrons. The molecule has 0 saturated carbocycles. The van der Waals surface area contributed by atoms with Crippen LogP contribution in [0.5, 0.6) is 0 Å². The van der Waals surface area contributed by atoms with Crippen LogP contribution >= 0.6 is 15.9 Å². The normalized spacial score (nSPS) is 12.4. The summed E-state index contributed by atoms with van der Waals surface area (Å²) >= 11 is 3.19. The number of halogens is 1. The molecule has 6 heteroatoms. The lowest BCUT2D eigenvalue weighted by atomic mass is 10.2. The van der Waals surface area contributed by atoms with Gasteiger partial charge < -0.3 is 14.9 Å². The third-order valence-corrected chi connectivity index (χ3v) is 2.09. The summed E-state index contributed by atoms with van der Waals surface area (Å²) in [5.74, 6) is -1.13. The molecule has 0 bridgehead atoms. The summed E-state index contributed by atoms with van der Waals surface area (Å²) in [4.78, 5) is 14.8.